The van der Waals surface area contributed by atoms with Crippen molar-refractivity contribution in [2.75, 3.05) is 0 Å². The zero-order valence-electron chi connectivity index (χ0n) is 15.8. The lowest BCUT2D eigenvalue weighted by Gasteiger charge is -2.32. The Morgan fingerprint density at radius 2 is 1.89 bits per heavy atom. The molecular weight excluding hydrogens is 352 g/mol. The van der Waals surface area contributed by atoms with E-state index in [0.717, 1.165) is 0 Å². The number of epoxide rings is 1. The monoisotopic (exact) mass is 374 g/mol. The topological polar surface area (TPSA) is 106 Å². The Bertz CT molecular complexity index is 901. The molecule has 0 bridgehead atoms. The summed E-state index contributed by atoms with van der Waals surface area (Å²) in [5.41, 5.74) is -0.658. The highest BCUT2D eigenvalue weighted by molar-refractivity contribution is 5.93. The van der Waals surface area contributed by atoms with E-state index >= 15 is 0 Å². The first-order valence-corrected chi connectivity index (χ1v) is 8.87. The molecule has 2 unspecified atom stereocenters. The average Bonchev–Trinajstić information content (AvgIpc) is 3.09. The van der Waals surface area contributed by atoms with Crippen LogP contribution in [-0.4, -0.2) is 45.6 Å². The third-order valence-corrected chi connectivity index (χ3v) is 6.11. The van der Waals surface area contributed by atoms with Crippen molar-refractivity contribution in [1.29, 1.82) is 0 Å². The largest absolute Gasteiger partial charge is 0.504 e. The molecule has 2 N–H and O–H groups in total. The summed E-state index contributed by atoms with van der Waals surface area (Å²) in [6, 6.07) is 0. The van der Waals surface area contributed by atoms with Crippen molar-refractivity contribution in [2.45, 2.75) is 58.0 Å². The van der Waals surface area contributed by atoms with E-state index in [1.54, 1.807) is 39.8 Å². The number of ether oxygens (including phenoxy) is 3. The second kappa shape index (κ2) is 5.33. The SMILES string of the molecule is CC1=C2C(O)=C(OC(=O)C3(C)OC3C)[C@@](C)(O)[C@H]2[C@@H]2OC(=O)C(C)=C2C=C1. The van der Waals surface area contributed by atoms with E-state index in [2.05, 4.69) is 0 Å². The molecule has 0 spiro atoms. The molecule has 0 amide bonds. The number of fused-ring (bicyclic) bond motifs is 3. The van der Waals surface area contributed by atoms with Gasteiger partial charge in [0.05, 0.1) is 12.0 Å². The molecule has 2 aliphatic heterocycles. The van der Waals surface area contributed by atoms with Crippen LogP contribution in [0, 0.1) is 5.92 Å². The van der Waals surface area contributed by atoms with E-state index < -0.39 is 35.2 Å². The molecule has 1 fully saturated rings. The molecule has 7 heteroatoms. The number of hydrogen-bond donors (Lipinski definition) is 2. The van der Waals surface area contributed by atoms with Gasteiger partial charge in [0.2, 0.25) is 0 Å². The van der Waals surface area contributed by atoms with Crippen LogP contribution in [-0.2, 0) is 23.8 Å². The molecule has 0 radical (unpaired) electrons. The molecule has 5 atom stereocenters. The molecule has 2 heterocycles. The van der Waals surface area contributed by atoms with E-state index in [4.69, 9.17) is 14.2 Å². The molecule has 0 aromatic carbocycles. The van der Waals surface area contributed by atoms with Gasteiger partial charge < -0.3 is 24.4 Å². The van der Waals surface area contributed by atoms with Gasteiger partial charge in [-0.25, -0.2) is 9.59 Å². The third-order valence-electron chi connectivity index (χ3n) is 6.11. The zero-order valence-corrected chi connectivity index (χ0v) is 15.8. The highest BCUT2D eigenvalue weighted by Crippen LogP contribution is 2.52. The number of aliphatic hydroxyl groups is 2. The van der Waals surface area contributed by atoms with E-state index in [1.165, 1.54) is 6.92 Å². The summed E-state index contributed by atoms with van der Waals surface area (Å²) in [5, 5.41) is 22.1. The van der Waals surface area contributed by atoms with Gasteiger partial charge in [0, 0.05) is 16.7 Å². The minimum absolute atomic E-state index is 0.244. The summed E-state index contributed by atoms with van der Waals surface area (Å²) in [6.45, 7) is 8.22. The van der Waals surface area contributed by atoms with Crippen LogP contribution in [0.25, 0.3) is 0 Å². The van der Waals surface area contributed by atoms with Crippen molar-refractivity contribution >= 4 is 11.9 Å². The molecule has 4 rings (SSSR count). The van der Waals surface area contributed by atoms with Gasteiger partial charge >= 0.3 is 11.9 Å². The highest BCUT2D eigenvalue weighted by atomic mass is 16.7. The number of allylic oxidation sites excluding steroid dienone is 3. The molecular formula is C20H22O7. The smallest absolute Gasteiger partial charge is 0.346 e. The van der Waals surface area contributed by atoms with Gasteiger partial charge in [-0.3, -0.25) is 0 Å². The zero-order chi connectivity index (χ0) is 19.9. The number of aliphatic hydroxyl groups excluding tert-OH is 1. The Kier molecular flexibility index (Phi) is 3.55. The Hall–Kier alpha value is -2.38. The van der Waals surface area contributed by atoms with E-state index in [9.17, 15) is 19.8 Å². The lowest BCUT2D eigenvalue weighted by Crippen LogP contribution is -2.43. The molecule has 7 nitrogen and oxygen atoms in total. The highest BCUT2D eigenvalue weighted by Gasteiger charge is 2.61. The maximum atomic E-state index is 12.5. The molecule has 1 saturated heterocycles. The van der Waals surface area contributed by atoms with E-state index in [-0.39, 0.29) is 17.6 Å². The van der Waals surface area contributed by atoms with Crippen molar-refractivity contribution in [3.63, 3.8) is 0 Å². The Morgan fingerprint density at radius 3 is 2.48 bits per heavy atom. The van der Waals surface area contributed by atoms with Gasteiger partial charge in [-0.15, -0.1) is 0 Å². The summed E-state index contributed by atoms with van der Waals surface area (Å²) in [7, 11) is 0. The van der Waals surface area contributed by atoms with Gasteiger partial charge in [-0.2, -0.15) is 0 Å². The van der Waals surface area contributed by atoms with Crippen LogP contribution in [0.2, 0.25) is 0 Å². The van der Waals surface area contributed by atoms with Crippen molar-refractivity contribution in [1.82, 2.24) is 0 Å². The fraction of sp³-hybridized carbons (Fsp3) is 0.500. The fourth-order valence-corrected chi connectivity index (χ4v) is 4.07. The second-order valence-electron chi connectivity index (χ2n) is 7.90. The van der Waals surface area contributed by atoms with Gasteiger partial charge in [-0.1, -0.05) is 12.2 Å². The van der Waals surface area contributed by atoms with Crippen LogP contribution in [0.3, 0.4) is 0 Å². The number of esters is 2. The molecule has 0 aromatic rings. The van der Waals surface area contributed by atoms with Crippen molar-refractivity contribution < 1.29 is 34.0 Å². The third kappa shape index (κ3) is 2.28. The van der Waals surface area contributed by atoms with E-state index in [1.807, 2.05) is 0 Å². The van der Waals surface area contributed by atoms with Crippen molar-refractivity contribution in [3.05, 3.63) is 46.0 Å². The van der Waals surface area contributed by atoms with Crippen LogP contribution < -0.4 is 0 Å². The maximum absolute atomic E-state index is 12.5. The number of carbonyl (C=O) groups is 2. The molecule has 27 heavy (non-hydrogen) atoms. The summed E-state index contributed by atoms with van der Waals surface area (Å²) in [6.07, 6.45) is 2.44. The minimum Gasteiger partial charge on any atom is -0.504 e. The number of carbonyl (C=O) groups excluding carboxylic acids is 2. The van der Waals surface area contributed by atoms with Crippen LogP contribution in [0.1, 0.15) is 34.6 Å². The van der Waals surface area contributed by atoms with Crippen molar-refractivity contribution in [2.24, 2.45) is 5.92 Å². The number of rotatable bonds is 2. The summed E-state index contributed by atoms with van der Waals surface area (Å²) >= 11 is 0. The first-order valence-electron chi connectivity index (χ1n) is 8.87. The first-order chi connectivity index (χ1) is 12.5. The predicted octanol–water partition coefficient (Wildman–Crippen LogP) is 1.99. The van der Waals surface area contributed by atoms with E-state index in [0.29, 0.717) is 22.3 Å². The minimum atomic E-state index is -1.75. The Morgan fingerprint density at radius 1 is 1.26 bits per heavy atom. The molecule has 144 valence electrons. The lowest BCUT2D eigenvalue weighted by molar-refractivity contribution is -0.152. The van der Waals surface area contributed by atoms with Crippen LogP contribution in [0.4, 0.5) is 0 Å². The van der Waals surface area contributed by atoms with Crippen LogP contribution >= 0.6 is 0 Å². The maximum Gasteiger partial charge on any atom is 0.346 e. The fourth-order valence-electron chi connectivity index (χ4n) is 4.07. The molecule has 2 aliphatic carbocycles. The van der Waals surface area contributed by atoms with Gasteiger partial charge in [-0.05, 0) is 40.2 Å². The Labute approximate surface area is 156 Å². The van der Waals surface area contributed by atoms with Gasteiger partial charge in [0.1, 0.15) is 11.7 Å². The standard InChI is InChI=1S/C20H22O7/c1-8-6-7-11-9(2)17(22)25-15(11)13-12(8)14(21)16(19(13,4)24)26-18(23)20(5)10(3)27-20/h6-7,10,13,15,21,24H,1-5H3/t10?,13-,15-,19+,20?/m1/s1. The summed E-state index contributed by atoms with van der Waals surface area (Å²) in [5.74, 6) is -2.49. The number of hydrogen-bond acceptors (Lipinski definition) is 7. The second-order valence-corrected chi connectivity index (χ2v) is 7.90. The lowest BCUT2D eigenvalue weighted by atomic mass is 9.80. The summed E-state index contributed by atoms with van der Waals surface area (Å²) < 4.78 is 16.2. The molecule has 4 aliphatic rings. The molecule has 0 aromatic heterocycles. The quantitative estimate of drug-likeness (QED) is 0.562. The Balaban J connectivity index is 1.78. The van der Waals surface area contributed by atoms with Crippen LogP contribution in [0.5, 0.6) is 0 Å². The van der Waals surface area contributed by atoms with Crippen molar-refractivity contribution in [3.8, 4) is 0 Å². The normalized spacial score (nSPS) is 40.1. The van der Waals surface area contributed by atoms with Gasteiger partial charge in [0.15, 0.2) is 17.1 Å². The molecule has 0 saturated carbocycles. The summed E-state index contributed by atoms with van der Waals surface area (Å²) in [4.78, 5) is 24.5. The van der Waals surface area contributed by atoms with Crippen LogP contribution in [0.15, 0.2) is 46.0 Å². The average molecular weight is 374 g/mol. The first kappa shape index (κ1) is 18.0. The van der Waals surface area contributed by atoms with Gasteiger partial charge in [0.25, 0.3) is 0 Å². The predicted molar refractivity (Wildman–Crippen MR) is 93.2 cm³/mol.